The topological polar surface area (TPSA) is 54.9 Å². The normalized spacial score (nSPS) is 14.1. The lowest BCUT2D eigenvalue weighted by Crippen LogP contribution is -2.13. The predicted molar refractivity (Wildman–Crippen MR) is 77.9 cm³/mol. The van der Waals surface area contributed by atoms with Crippen LogP contribution in [0.15, 0.2) is 30.6 Å². The zero-order valence-corrected chi connectivity index (χ0v) is 11.7. The number of benzene rings is 1. The van der Waals surface area contributed by atoms with Gasteiger partial charge in [-0.05, 0) is 49.9 Å². The van der Waals surface area contributed by atoms with Gasteiger partial charge in [0.05, 0.1) is 5.56 Å². The van der Waals surface area contributed by atoms with E-state index in [2.05, 4.69) is 21.4 Å². The zero-order valence-electron chi connectivity index (χ0n) is 11.7. The lowest BCUT2D eigenvalue weighted by Gasteiger charge is -2.07. The van der Waals surface area contributed by atoms with Crippen molar-refractivity contribution in [3.05, 3.63) is 53.1 Å². The fourth-order valence-electron chi connectivity index (χ4n) is 2.26. The molecule has 0 atom stereocenters. The molecule has 4 nitrogen and oxygen atoms in total. The maximum atomic E-state index is 12.1. The molecule has 1 aliphatic rings. The first kappa shape index (κ1) is 12.8. The van der Waals surface area contributed by atoms with E-state index in [4.69, 9.17) is 0 Å². The maximum absolute atomic E-state index is 12.1. The van der Waals surface area contributed by atoms with Crippen molar-refractivity contribution in [1.82, 2.24) is 9.97 Å². The van der Waals surface area contributed by atoms with Crippen molar-refractivity contribution in [3.63, 3.8) is 0 Å². The minimum atomic E-state index is -0.169. The fourth-order valence-corrected chi connectivity index (χ4v) is 2.26. The number of carbonyl (C=O) groups is 1. The van der Waals surface area contributed by atoms with Gasteiger partial charge in [-0.25, -0.2) is 9.97 Å². The summed E-state index contributed by atoms with van der Waals surface area (Å²) in [5.41, 5.74) is 3.55. The molecular weight excluding hydrogens is 250 g/mol. The Balaban J connectivity index is 1.74. The van der Waals surface area contributed by atoms with Gasteiger partial charge in [0, 0.05) is 24.0 Å². The van der Waals surface area contributed by atoms with E-state index in [9.17, 15) is 4.79 Å². The van der Waals surface area contributed by atoms with Crippen molar-refractivity contribution in [1.29, 1.82) is 0 Å². The Kier molecular flexibility index (Phi) is 3.22. The average Bonchev–Trinajstić information content (AvgIpc) is 3.22. The molecule has 0 spiro atoms. The van der Waals surface area contributed by atoms with Crippen molar-refractivity contribution in [2.45, 2.75) is 32.6 Å². The summed E-state index contributed by atoms with van der Waals surface area (Å²) in [4.78, 5) is 20.7. The number of aryl methyl sites for hydroxylation is 2. The van der Waals surface area contributed by atoms with Gasteiger partial charge >= 0.3 is 0 Å². The molecule has 1 N–H and O–H groups in total. The zero-order chi connectivity index (χ0) is 14.1. The summed E-state index contributed by atoms with van der Waals surface area (Å²) >= 11 is 0. The Morgan fingerprint density at radius 1 is 1.10 bits per heavy atom. The quantitative estimate of drug-likeness (QED) is 0.929. The van der Waals surface area contributed by atoms with Crippen molar-refractivity contribution < 1.29 is 4.79 Å². The monoisotopic (exact) mass is 267 g/mol. The molecule has 3 rings (SSSR count). The van der Waals surface area contributed by atoms with Gasteiger partial charge in [-0.15, -0.1) is 0 Å². The summed E-state index contributed by atoms with van der Waals surface area (Å²) in [5.74, 6) is 1.19. The van der Waals surface area contributed by atoms with Crippen molar-refractivity contribution in [2.24, 2.45) is 0 Å². The molecule has 1 fully saturated rings. The highest BCUT2D eigenvalue weighted by Gasteiger charge is 2.26. The molecule has 0 saturated heterocycles. The first-order valence-electron chi connectivity index (χ1n) is 6.83. The number of carbonyl (C=O) groups excluding carboxylic acids is 1. The lowest BCUT2D eigenvalue weighted by molar-refractivity contribution is 0.102. The number of hydrogen-bond donors (Lipinski definition) is 1. The third-order valence-electron chi connectivity index (χ3n) is 3.36. The molecule has 20 heavy (non-hydrogen) atoms. The van der Waals surface area contributed by atoms with Gasteiger partial charge in [0.2, 0.25) is 0 Å². The Labute approximate surface area is 118 Å². The fraction of sp³-hybridized carbons (Fsp3) is 0.312. The van der Waals surface area contributed by atoms with Crippen LogP contribution in [0.1, 0.15) is 46.1 Å². The molecule has 0 aliphatic heterocycles. The van der Waals surface area contributed by atoms with Crippen LogP contribution in [-0.4, -0.2) is 15.9 Å². The predicted octanol–water partition coefficient (Wildman–Crippen LogP) is 3.22. The summed E-state index contributed by atoms with van der Waals surface area (Å²) in [6.45, 7) is 4.02. The summed E-state index contributed by atoms with van der Waals surface area (Å²) in [7, 11) is 0. The second-order valence-electron chi connectivity index (χ2n) is 5.43. The minimum Gasteiger partial charge on any atom is -0.322 e. The number of amides is 1. The molecule has 0 radical (unpaired) electrons. The molecular formula is C16H17N3O. The molecule has 0 bridgehead atoms. The van der Waals surface area contributed by atoms with Crippen LogP contribution in [-0.2, 0) is 0 Å². The SMILES string of the molecule is Cc1cc(C)cc(NC(=O)c2cnc(C3CC3)nc2)c1. The van der Waals surface area contributed by atoms with Crippen molar-refractivity contribution >= 4 is 11.6 Å². The molecule has 1 aliphatic carbocycles. The largest absolute Gasteiger partial charge is 0.322 e. The summed E-state index contributed by atoms with van der Waals surface area (Å²) in [6.07, 6.45) is 5.54. The molecule has 1 heterocycles. The van der Waals surface area contributed by atoms with E-state index in [0.29, 0.717) is 11.5 Å². The van der Waals surface area contributed by atoms with Crippen LogP contribution in [0.4, 0.5) is 5.69 Å². The van der Waals surface area contributed by atoms with Gasteiger partial charge in [-0.2, -0.15) is 0 Å². The van der Waals surface area contributed by atoms with Gasteiger partial charge in [0.15, 0.2) is 0 Å². The number of nitrogens with one attached hydrogen (secondary N) is 1. The summed E-state index contributed by atoms with van der Waals surface area (Å²) in [5, 5.41) is 2.89. The van der Waals surface area contributed by atoms with E-state index in [1.807, 2.05) is 26.0 Å². The van der Waals surface area contributed by atoms with Crippen LogP contribution in [0.25, 0.3) is 0 Å². The number of aromatic nitrogens is 2. The third-order valence-corrected chi connectivity index (χ3v) is 3.36. The Bertz CT molecular complexity index is 625. The van der Waals surface area contributed by atoms with Crippen LogP contribution in [0.5, 0.6) is 0 Å². The van der Waals surface area contributed by atoms with Gasteiger partial charge < -0.3 is 5.32 Å². The Morgan fingerprint density at radius 2 is 1.70 bits per heavy atom. The van der Waals surface area contributed by atoms with E-state index in [0.717, 1.165) is 35.5 Å². The van der Waals surface area contributed by atoms with Crippen LogP contribution >= 0.6 is 0 Å². The molecule has 1 saturated carbocycles. The van der Waals surface area contributed by atoms with Crippen LogP contribution < -0.4 is 5.32 Å². The summed E-state index contributed by atoms with van der Waals surface area (Å²) in [6, 6.07) is 5.97. The van der Waals surface area contributed by atoms with Gasteiger partial charge in [0.25, 0.3) is 5.91 Å². The lowest BCUT2D eigenvalue weighted by atomic mass is 10.1. The third kappa shape index (κ3) is 2.85. The van der Waals surface area contributed by atoms with Crippen LogP contribution in [0.2, 0.25) is 0 Å². The molecule has 0 unspecified atom stereocenters. The van der Waals surface area contributed by atoms with Gasteiger partial charge in [-0.3, -0.25) is 4.79 Å². The molecule has 1 amide bonds. The average molecular weight is 267 g/mol. The standard InChI is InChI=1S/C16H17N3O/c1-10-5-11(2)7-14(6-10)19-16(20)13-8-17-15(18-9-13)12-3-4-12/h5-9,12H,3-4H2,1-2H3,(H,19,20). The van der Waals surface area contributed by atoms with E-state index in [1.165, 1.54) is 0 Å². The maximum Gasteiger partial charge on any atom is 0.258 e. The van der Waals surface area contributed by atoms with Crippen LogP contribution in [0, 0.1) is 13.8 Å². The molecule has 102 valence electrons. The highest BCUT2D eigenvalue weighted by Crippen LogP contribution is 2.37. The van der Waals surface area contributed by atoms with E-state index in [-0.39, 0.29) is 5.91 Å². The smallest absolute Gasteiger partial charge is 0.258 e. The van der Waals surface area contributed by atoms with Crippen molar-refractivity contribution in [2.75, 3.05) is 5.32 Å². The second kappa shape index (κ2) is 5.04. The van der Waals surface area contributed by atoms with Crippen LogP contribution in [0.3, 0.4) is 0 Å². The molecule has 2 aromatic rings. The number of nitrogens with zero attached hydrogens (tertiary/aromatic N) is 2. The highest BCUT2D eigenvalue weighted by atomic mass is 16.1. The molecule has 1 aromatic carbocycles. The van der Waals surface area contributed by atoms with Crippen molar-refractivity contribution in [3.8, 4) is 0 Å². The Hall–Kier alpha value is -2.23. The number of rotatable bonds is 3. The molecule has 1 aromatic heterocycles. The molecule has 4 heteroatoms. The van der Waals surface area contributed by atoms with E-state index < -0.39 is 0 Å². The second-order valence-corrected chi connectivity index (χ2v) is 5.43. The number of hydrogen-bond acceptors (Lipinski definition) is 3. The summed E-state index contributed by atoms with van der Waals surface area (Å²) < 4.78 is 0. The number of anilines is 1. The minimum absolute atomic E-state index is 0.169. The van der Waals surface area contributed by atoms with Gasteiger partial charge in [0.1, 0.15) is 5.82 Å². The first-order chi connectivity index (χ1) is 9.61. The first-order valence-corrected chi connectivity index (χ1v) is 6.83. The van der Waals surface area contributed by atoms with E-state index >= 15 is 0 Å². The Morgan fingerprint density at radius 3 is 2.25 bits per heavy atom. The van der Waals surface area contributed by atoms with E-state index in [1.54, 1.807) is 12.4 Å². The highest BCUT2D eigenvalue weighted by molar-refractivity contribution is 6.03. The van der Waals surface area contributed by atoms with Gasteiger partial charge in [-0.1, -0.05) is 6.07 Å².